The van der Waals surface area contributed by atoms with Gasteiger partial charge in [0, 0.05) is 50.1 Å². The van der Waals surface area contributed by atoms with Gasteiger partial charge in [-0.3, -0.25) is 4.98 Å². The molecule has 0 amide bonds. The summed E-state index contributed by atoms with van der Waals surface area (Å²) in [7, 11) is 0. The van der Waals surface area contributed by atoms with Gasteiger partial charge in [-0.1, -0.05) is 109 Å². The number of benzene rings is 5. The maximum Gasteiger partial charge on any atom is 0.0650 e. The molecule has 3 heterocycles. The van der Waals surface area contributed by atoms with Crippen molar-refractivity contribution in [3.63, 3.8) is 0 Å². The maximum atomic E-state index is 4.48. The van der Waals surface area contributed by atoms with Crippen molar-refractivity contribution in [2.45, 2.75) is 31.2 Å². The minimum atomic E-state index is -0.214. The molecule has 5 aromatic carbocycles. The lowest BCUT2D eigenvalue weighted by molar-refractivity contribution is 0.432. The number of hydrogen-bond acceptors (Lipinski definition) is 2. The fourth-order valence-electron chi connectivity index (χ4n) is 8.69. The van der Waals surface area contributed by atoms with Crippen LogP contribution in [0.4, 0.5) is 0 Å². The predicted molar refractivity (Wildman–Crippen MR) is 198 cm³/mol. The molecule has 2 aliphatic rings. The van der Waals surface area contributed by atoms with E-state index >= 15 is 0 Å². The molecule has 0 saturated carbocycles. The summed E-state index contributed by atoms with van der Waals surface area (Å²) in [5.74, 6) is 0. The molecule has 0 saturated heterocycles. The number of rotatable bonds is 3. The van der Waals surface area contributed by atoms with E-state index in [2.05, 4.69) is 157 Å². The van der Waals surface area contributed by atoms with Crippen LogP contribution in [0.1, 0.15) is 41.0 Å². The Hall–Kier alpha value is -5.25. The van der Waals surface area contributed by atoms with Crippen LogP contribution in [0.15, 0.2) is 140 Å². The number of hydrogen-bond donors (Lipinski definition) is 0. The largest absolute Gasteiger partial charge is 0.330 e. The predicted octanol–water partition coefficient (Wildman–Crippen LogP) is 11.4. The number of nitrogens with zero attached hydrogens (tertiary/aromatic N) is 2. The van der Waals surface area contributed by atoms with E-state index in [1.54, 1.807) is 0 Å². The Kier molecular flexibility index (Phi) is 5.52. The fraction of sp³-hybridized carbons (Fsp3) is 0.114. The smallest absolute Gasteiger partial charge is 0.0650 e. The lowest BCUT2D eigenvalue weighted by Gasteiger charge is -2.33. The van der Waals surface area contributed by atoms with E-state index in [0.29, 0.717) is 0 Å². The number of fused-ring (bicyclic) bond motifs is 9. The SMILES string of the molecule is CC1(c2cccc(-c3cccc4c5c(sc34)C=CC(C)(n3c4ccccc4c4cnccc43)C5)c2)c2ccccc2-c2ccccc21. The van der Waals surface area contributed by atoms with E-state index in [4.69, 9.17) is 0 Å². The molecule has 0 N–H and O–H groups in total. The van der Waals surface area contributed by atoms with Crippen molar-refractivity contribution in [3.05, 3.63) is 167 Å². The monoisotopic (exact) mass is 620 g/mol. The van der Waals surface area contributed by atoms with E-state index in [-0.39, 0.29) is 11.0 Å². The van der Waals surface area contributed by atoms with Gasteiger partial charge >= 0.3 is 0 Å². The van der Waals surface area contributed by atoms with Gasteiger partial charge in [-0.25, -0.2) is 0 Å². The highest BCUT2D eigenvalue weighted by atomic mass is 32.1. The molecule has 1 atom stereocenters. The lowest BCUT2D eigenvalue weighted by atomic mass is 9.74. The van der Waals surface area contributed by atoms with Crippen molar-refractivity contribution >= 4 is 49.3 Å². The van der Waals surface area contributed by atoms with Crippen molar-refractivity contribution in [2.24, 2.45) is 0 Å². The molecule has 10 rings (SSSR count). The molecule has 47 heavy (non-hydrogen) atoms. The third-order valence-corrected chi connectivity index (χ3v) is 12.2. The summed E-state index contributed by atoms with van der Waals surface area (Å²) >= 11 is 1.93. The Morgan fingerprint density at radius 1 is 0.660 bits per heavy atom. The average Bonchev–Trinajstić information content (AvgIpc) is 3.75. The summed E-state index contributed by atoms with van der Waals surface area (Å²) in [6.45, 7) is 4.78. The Balaban J connectivity index is 1.11. The van der Waals surface area contributed by atoms with Crippen molar-refractivity contribution in [1.29, 1.82) is 0 Å². The molecule has 224 valence electrons. The number of allylic oxidation sites excluding steroid dienone is 1. The minimum absolute atomic E-state index is 0.211. The number of thiophene rings is 1. The molecule has 3 heteroatoms. The molecule has 2 nitrogen and oxygen atoms in total. The highest BCUT2D eigenvalue weighted by Crippen LogP contribution is 2.53. The average molecular weight is 621 g/mol. The first-order chi connectivity index (χ1) is 23.0. The van der Waals surface area contributed by atoms with Gasteiger partial charge in [0.2, 0.25) is 0 Å². The van der Waals surface area contributed by atoms with Gasteiger partial charge in [-0.15, -0.1) is 11.3 Å². The van der Waals surface area contributed by atoms with Crippen LogP contribution in [0.2, 0.25) is 0 Å². The van der Waals surface area contributed by atoms with E-state index in [9.17, 15) is 0 Å². The Bertz CT molecular complexity index is 2500. The van der Waals surface area contributed by atoms with E-state index in [1.165, 1.54) is 81.3 Å². The maximum absolute atomic E-state index is 4.48. The van der Waals surface area contributed by atoms with E-state index < -0.39 is 0 Å². The summed E-state index contributed by atoms with van der Waals surface area (Å²) in [5, 5.41) is 3.84. The molecule has 0 spiro atoms. The zero-order valence-corrected chi connectivity index (χ0v) is 27.2. The lowest BCUT2D eigenvalue weighted by Crippen LogP contribution is -2.31. The number of aromatic nitrogens is 2. The van der Waals surface area contributed by atoms with Crippen LogP contribution in [0.25, 0.3) is 60.2 Å². The van der Waals surface area contributed by atoms with Crippen LogP contribution in [0.5, 0.6) is 0 Å². The molecule has 3 aromatic heterocycles. The Labute approximate surface area is 278 Å². The van der Waals surface area contributed by atoms with Crippen LogP contribution in [-0.4, -0.2) is 9.55 Å². The Morgan fingerprint density at radius 2 is 1.34 bits per heavy atom. The summed E-state index contributed by atoms with van der Waals surface area (Å²) < 4.78 is 3.90. The van der Waals surface area contributed by atoms with Crippen LogP contribution in [0, 0.1) is 0 Å². The van der Waals surface area contributed by atoms with Gasteiger partial charge in [0.15, 0.2) is 0 Å². The third kappa shape index (κ3) is 3.63. The standard InChI is InChI=1S/C44H32N2S/c1-43(46-39-20-8-5-15-33(39)36-27-45-24-22-40(36)46)23-21-41-35(26-43)34-17-10-16-30(42(34)47-41)28-11-9-12-29(25-28)44(2)37-18-6-3-13-31(37)32-14-4-7-19-38(32)44/h3-25,27H,26H2,1-2H3. The summed E-state index contributed by atoms with van der Waals surface area (Å²) in [6, 6.07) is 45.0. The number of pyridine rings is 1. The van der Waals surface area contributed by atoms with Crippen molar-refractivity contribution < 1.29 is 0 Å². The molecule has 0 bridgehead atoms. The number of para-hydroxylation sites is 1. The highest BCUT2D eigenvalue weighted by Gasteiger charge is 2.40. The third-order valence-electron chi connectivity index (χ3n) is 10.9. The zero-order chi connectivity index (χ0) is 31.3. The topological polar surface area (TPSA) is 17.8 Å². The van der Waals surface area contributed by atoms with Gasteiger partial charge < -0.3 is 4.57 Å². The van der Waals surface area contributed by atoms with Crippen molar-refractivity contribution in [2.75, 3.05) is 0 Å². The van der Waals surface area contributed by atoms with Crippen LogP contribution < -0.4 is 0 Å². The zero-order valence-electron chi connectivity index (χ0n) is 26.4. The minimum Gasteiger partial charge on any atom is -0.330 e. The first-order valence-electron chi connectivity index (χ1n) is 16.4. The van der Waals surface area contributed by atoms with Crippen LogP contribution >= 0.6 is 11.3 Å². The summed E-state index contributed by atoms with van der Waals surface area (Å²) in [4.78, 5) is 5.85. The van der Waals surface area contributed by atoms with E-state index in [1.807, 2.05) is 23.7 Å². The second-order valence-electron chi connectivity index (χ2n) is 13.5. The molecule has 0 aliphatic heterocycles. The molecule has 0 fully saturated rings. The van der Waals surface area contributed by atoms with Gasteiger partial charge in [-0.05, 0) is 88.0 Å². The first-order valence-corrected chi connectivity index (χ1v) is 17.2. The first kappa shape index (κ1) is 26.9. The summed E-state index contributed by atoms with van der Waals surface area (Å²) in [6.07, 6.45) is 9.66. The molecule has 2 aliphatic carbocycles. The highest BCUT2D eigenvalue weighted by molar-refractivity contribution is 7.20. The van der Waals surface area contributed by atoms with Crippen molar-refractivity contribution in [1.82, 2.24) is 9.55 Å². The quantitative estimate of drug-likeness (QED) is 0.192. The van der Waals surface area contributed by atoms with Crippen molar-refractivity contribution in [3.8, 4) is 22.3 Å². The van der Waals surface area contributed by atoms with Crippen LogP contribution in [-0.2, 0) is 17.4 Å². The molecule has 1 unspecified atom stereocenters. The van der Waals surface area contributed by atoms with Gasteiger partial charge in [0.25, 0.3) is 0 Å². The summed E-state index contributed by atoms with van der Waals surface area (Å²) in [5.41, 5.74) is 12.9. The Morgan fingerprint density at radius 3 is 2.17 bits per heavy atom. The van der Waals surface area contributed by atoms with Gasteiger partial charge in [0.05, 0.1) is 11.1 Å². The molecule has 8 aromatic rings. The second-order valence-corrected chi connectivity index (χ2v) is 14.6. The van der Waals surface area contributed by atoms with Gasteiger partial charge in [0.1, 0.15) is 0 Å². The van der Waals surface area contributed by atoms with Crippen LogP contribution in [0.3, 0.4) is 0 Å². The fourth-order valence-corrected chi connectivity index (χ4v) is 9.95. The second kappa shape index (κ2) is 9.63. The molecule has 0 radical (unpaired) electrons. The molecular formula is C44H32N2S. The van der Waals surface area contributed by atoms with E-state index in [0.717, 1.165) is 6.42 Å². The molecular weight excluding hydrogens is 589 g/mol. The van der Waals surface area contributed by atoms with Gasteiger partial charge in [-0.2, -0.15) is 0 Å². The normalized spacial score (nSPS) is 17.7.